The predicted molar refractivity (Wildman–Crippen MR) is 120 cm³/mol. The first-order valence-electron chi connectivity index (χ1n) is 11.3. The van der Waals surface area contributed by atoms with Crippen molar-refractivity contribution in [3.63, 3.8) is 0 Å². The van der Waals surface area contributed by atoms with Crippen LogP contribution in [-0.2, 0) is 20.9 Å². The number of piperidine rings is 1. The van der Waals surface area contributed by atoms with Crippen LogP contribution in [0.4, 0.5) is 0 Å². The number of amides is 1. The summed E-state index contributed by atoms with van der Waals surface area (Å²) in [5.74, 6) is 1.03. The van der Waals surface area contributed by atoms with Crippen LogP contribution in [0.5, 0.6) is 5.75 Å². The molecule has 2 rings (SSSR count). The van der Waals surface area contributed by atoms with Gasteiger partial charge in [-0.2, -0.15) is 0 Å². The number of benzene rings is 1. The highest BCUT2D eigenvalue weighted by Gasteiger charge is 2.24. The van der Waals surface area contributed by atoms with Crippen LogP contribution in [0.1, 0.15) is 69.6 Å². The van der Waals surface area contributed by atoms with Crippen LogP contribution in [0, 0.1) is 19.8 Å². The molecule has 0 bridgehead atoms. The van der Waals surface area contributed by atoms with Gasteiger partial charge in [-0.1, -0.05) is 13.8 Å². The van der Waals surface area contributed by atoms with Crippen LogP contribution in [0.3, 0.4) is 0 Å². The van der Waals surface area contributed by atoms with Crippen molar-refractivity contribution in [3.8, 4) is 5.75 Å². The molecule has 30 heavy (non-hydrogen) atoms. The Labute approximate surface area is 182 Å². The Kier molecular flexibility index (Phi) is 12.1. The third kappa shape index (κ3) is 8.34. The maximum atomic E-state index is 12.4. The molecule has 1 aromatic rings. The molecule has 1 amide bonds. The molecule has 6 heteroatoms. The molecule has 1 atom stereocenters. The zero-order valence-electron chi connectivity index (χ0n) is 19.5. The summed E-state index contributed by atoms with van der Waals surface area (Å²) in [7, 11) is 0. The number of ether oxygens (including phenoxy) is 2. The van der Waals surface area contributed by atoms with Crippen LogP contribution < -0.4 is 10.5 Å². The Hall–Kier alpha value is -2.08. The average molecular weight is 421 g/mol. The largest absolute Gasteiger partial charge is 0.494 e. The van der Waals surface area contributed by atoms with E-state index in [9.17, 15) is 9.59 Å². The van der Waals surface area contributed by atoms with Crippen molar-refractivity contribution in [1.29, 1.82) is 0 Å². The molecule has 1 aliphatic heterocycles. The van der Waals surface area contributed by atoms with Gasteiger partial charge in [0.15, 0.2) is 0 Å². The smallest absolute Gasteiger partial charge is 0.306 e. The first-order chi connectivity index (χ1) is 14.4. The van der Waals surface area contributed by atoms with Gasteiger partial charge in [0.1, 0.15) is 5.75 Å². The van der Waals surface area contributed by atoms with E-state index < -0.39 is 0 Å². The van der Waals surface area contributed by atoms with E-state index in [1.807, 2.05) is 24.8 Å². The quantitative estimate of drug-likeness (QED) is 0.607. The lowest BCUT2D eigenvalue weighted by atomic mass is 9.95. The number of nitrogens with zero attached hydrogens (tertiary/aromatic N) is 1. The van der Waals surface area contributed by atoms with Crippen LogP contribution in [0.25, 0.3) is 0 Å². The van der Waals surface area contributed by atoms with Gasteiger partial charge in [-0.3, -0.25) is 9.59 Å². The summed E-state index contributed by atoms with van der Waals surface area (Å²) in [6.07, 6.45) is 3.40. The van der Waals surface area contributed by atoms with E-state index >= 15 is 0 Å². The molecule has 0 spiro atoms. The zero-order chi connectivity index (χ0) is 22.5. The first kappa shape index (κ1) is 26.0. The Morgan fingerprint density at radius 3 is 2.60 bits per heavy atom. The number of carbonyl (C=O) groups is 2. The molecule has 1 aromatic carbocycles. The minimum atomic E-state index is -0.303. The van der Waals surface area contributed by atoms with Gasteiger partial charge in [0, 0.05) is 26.1 Å². The second kappa shape index (κ2) is 14.0. The number of esters is 1. The van der Waals surface area contributed by atoms with Gasteiger partial charge in [0.05, 0.1) is 19.6 Å². The second-order valence-corrected chi connectivity index (χ2v) is 7.52. The van der Waals surface area contributed by atoms with Crippen LogP contribution in [-0.4, -0.2) is 43.1 Å². The third-order valence-electron chi connectivity index (χ3n) is 5.48. The van der Waals surface area contributed by atoms with Gasteiger partial charge in [-0.05, 0) is 74.8 Å². The topological polar surface area (TPSA) is 81.9 Å². The normalized spacial score (nSPS) is 15.8. The third-order valence-corrected chi connectivity index (χ3v) is 5.48. The van der Waals surface area contributed by atoms with E-state index in [1.165, 1.54) is 11.1 Å². The fourth-order valence-electron chi connectivity index (χ4n) is 3.66. The van der Waals surface area contributed by atoms with Gasteiger partial charge in [-0.15, -0.1) is 0 Å². The molecule has 0 radical (unpaired) electrons. The number of hydrogen-bond donors (Lipinski definition) is 1. The predicted octanol–water partition coefficient (Wildman–Crippen LogP) is 4.14. The molecule has 0 aromatic heterocycles. The van der Waals surface area contributed by atoms with Gasteiger partial charge in [0.25, 0.3) is 0 Å². The van der Waals surface area contributed by atoms with Gasteiger partial charge in [-0.25, -0.2) is 0 Å². The summed E-state index contributed by atoms with van der Waals surface area (Å²) in [5, 5.41) is 0. The fraction of sp³-hybridized carbons (Fsp3) is 0.667. The highest BCUT2D eigenvalue weighted by atomic mass is 16.5. The van der Waals surface area contributed by atoms with Crippen molar-refractivity contribution in [1.82, 2.24) is 4.90 Å². The number of nitrogens with two attached hydrogens (primary N) is 1. The summed E-state index contributed by atoms with van der Waals surface area (Å²) < 4.78 is 10.9. The lowest BCUT2D eigenvalue weighted by Gasteiger charge is -2.33. The molecule has 2 N–H and O–H groups in total. The van der Waals surface area contributed by atoms with Gasteiger partial charge >= 0.3 is 5.97 Å². The molecule has 6 nitrogen and oxygen atoms in total. The molecule has 170 valence electrons. The molecule has 1 saturated heterocycles. The fourth-order valence-corrected chi connectivity index (χ4v) is 3.66. The molecular formula is C24H40N2O4. The monoisotopic (exact) mass is 420 g/mol. The maximum Gasteiger partial charge on any atom is 0.306 e. The van der Waals surface area contributed by atoms with E-state index in [2.05, 4.69) is 19.9 Å². The van der Waals surface area contributed by atoms with Gasteiger partial charge in [0.2, 0.25) is 5.91 Å². The number of carbonyl (C=O) groups excluding carboxylic acids is 2. The van der Waals surface area contributed by atoms with Crippen molar-refractivity contribution < 1.29 is 19.1 Å². The number of likely N-dealkylation sites (tertiary alicyclic amines) is 1. The van der Waals surface area contributed by atoms with E-state index in [-0.39, 0.29) is 24.7 Å². The van der Waals surface area contributed by atoms with Crippen LogP contribution >= 0.6 is 0 Å². The maximum absolute atomic E-state index is 12.4. The number of aryl methyl sites for hydroxylation is 1. The summed E-state index contributed by atoms with van der Waals surface area (Å²) in [6, 6.07) is 4.08. The van der Waals surface area contributed by atoms with E-state index in [0.29, 0.717) is 25.7 Å². The number of hydrogen-bond acceptors (Lipinski definition) is 5. The summed E-state index contributed by atoms with van der Waals surface area (Å²) in [6.45, 7) is 12.9. The Bertz CT molecular complexity index is 675. The van der Waals surface area contributed by atoms with Crippen LogP contribution in [0.15, 0.2) is 12.1 Å². The summed E-state index contributed by atoms with van der Waals surface area (Å²) >= 11 is 0. The van der Waals surface area contributed by atoms with Crippen molar-refractivity contribution in [2.75, 3.05) is 26.3 Å². The molecule has 1 unspecified atom stereocenters. The highest BCUT2D eigenvalue weighted by molar-refractivity contribution is 5.81. The molecule has 0 saturated carbocycles. The second-order valence-electron chi connectivity index (χ2n) is 7.52. The van der Waals surface area contributed by atoms with Gasteiger partial charge < -0.3 is 20.1 Å². The Morgan fingerprint density at radius 1 is 1.20 bits per heavy atom. The SMILES string of the molecule is CC.CCOC(=O)CCC(=O)N1CCCC(CCOc2cc(C)c(C)c(CN)c2)C1. The van der Waals surface area contributed by atoms with Crippen LogP contribution in [0.2, 0.25) is 0 Å². The molecule has 1 heterocycles. The molecule has 1 fully saturated rings. The molecule has 1 aliphatic rings. The Balaban J connectivity index is 0.00000218. The zero-order valence-corrected chi connectivity index (χ0v) is 19.5. The molecule has 0 aliphatic carbocycles. The summed E-state index contributed by atoms with van der Waals surface area (Å²) in [4.78, 5) is 25.7. The standard InChI is InChI=1S/C22H34N2O4.C2H6/c1-4-27-22(26)8-7-21(25)24-10-5-6-18(15-24)9-11-28-20-12-16(2)17(3)19(13-20)14-23;1-2/h12-13,18H,4-11,14-15,23H2,1-3H3;1-2H3. The molecular weight excluding hydrogens is 380 g/mol. The van der Waals surface area contributed by atoms with E-state index in [0.717, 1.165) is 43.7 Å². The van der Waals surface area contributed by atoms with Crippen molar-refractivity contribution >= 4 is 11.9 Å². The number of rotatable bonds is 9. The summed E-state index contributed by atoms with van der Waals surface area (Å²) in [5.41, 5.74) is 9.34. The highest BCUT2D eigenvalue weighted by Crippen LogP contribution is 2.24. The minimum absolute atomic E-state index is 0.0421. The van der Waals surface area contributed by atoms with E-state index in [4.69, 9.17) is 15.2 Å². The lowest BCUT2D eigenvalue weighted by molar-refractivity contribution is -0.146. The average Bonchev–Trinajstić information content (AvgIpc) is 2.76. The van der Waals surface area contributed by atoms with Crippen molar-refractivity contribution in [2.45, 2.75) is 73.3 Å². The minimum Gasteiger partial charge on any atom is -0.494 e. The lowest BCUT2D eigenvalue weighted by Crippen LogP contribution is -2.40. The van der Waals surface area contributed by atoms with E-state index in [1.54, 1.807) is 6.92 Å². The van der Waals surface area contributed by atoms with Crippen molar-refractivity contribution in [3.05, 3.63) is 28.8 Å². The Morgan fingerprint density at radius 2 is 1.93 bits per heavy atom. The van der Waals surface area contributed by atoms with Crippen molar-refractivity contribution in [2.24, 2.45) is 11.7 Å². The first-order valence-corrected chi connectivity index (χ1v) is 11.3.